The molecule has 0 radical (unpaired) electrons. The zero-order valence-electron chi connectivity index (χ0n) is 6.20. The van der Waals surface area contributed by atoms with Crippen molar-refractivity contribution in [3.05, 3.63) is 0 Å². The first kappa shape index (κ1) is 8.21. The molecular formula is C5H9N3O2S2. The highest BCUT2D eigenvalue weighted by atomic mass is 32.2. The van der Waals surface area contributed by atoms with Crippen LogP contribution in [0.25, 0.3) is 0 Å². The molecule has 0 saturated carbocycles. The third kappa shape index (κ3) is 1.39. The van der Waals surface area contributed by atoms with Crippen LogP contribution in [0.4, 0.5) is 0 Å². The summed E-state index contributed by atoms with van der Waals surface area (Å²) in [5.41, 5.74) is 5.55. The first-order chi connectivity index (χ1) is 5.57. The number of fused-ring (bicyclic) bond motifs is 1. The Balaban J connectivity index is 2.17. The first-order valence-electron chi connectivity index (χ1n) is 3.59. The second-order valence-corrected chi connectivity index (χ2v) is 5.59. The highest BCUT2D eigenvalue weighted by Crippen LogP contribution is 2.13. The molecule has 0 aliphatic carbocycles. The van der Waals surface area contributed by atoms with Crippen LogP contribution in [-0.2, 0) is 9.84 Å². The molecular weight excluding hydrogens is 198 g/mol. The third-order valence-electron chi connectivity index (χ3n) is 2.04. The normalized spacial score (nSPS) is 38.2. The van der Waals surface area contributed by atoms with Gasteiger partial charge in [0.05, 0.1) is 23.6 Å². The Hall–Kier alpha value is -0.400. The SMILES string of the molecule is O=S1(=O)C[C@@H]2NC(=S)NN[C@@H]2C1. The number of rotatable bonds is 0. The van der Waals surface area contributed by atoms with Crippen molar-refractivity contribution in [3.63, 3.8) is 0 Å². The van der Waals surface area contributed by atoms with Gasteiger partial charge in [0.25, 0.3) is 0 Å². The maximum atomic E-state index is 11.2. The van der Waals surface area contributed by atoms with Crippen LogP contribution in [0.15, 0.2) is 0 Å². The highest BCUT2D eigenvalue weighted by molar-refractivity contribution is 7.91. The van der Waals surface area contributed by atoms with E-state index in [1.54, 1.807) is 0 Å². The standard InChI is InChI=1S/C5H9N3O2S2/c9-12(10)1-3-4(2-12)7-8-5(11)6-3/h3-4,7H,1-2H2,(H2,6,8,11)/t3-,4+/m0/s1. The lowest BCUT2D eigenvalue weighted by Gasteiger charge is -2.28. The summed E-state index contributed by atoms with van der Waals surface area (Å²) in [4.78, 5) is 0. The molecule has 2 aliphatic heterocycles. The van der Waals surface area contributed by atoms with Gasteiger partial charge in [-0.25, -0.2) is 13.8 Å². The van der Waals surface area contributed by atoms with Crippen LogP contribution >= 0.6 is 12.2 Å². The van der Waals surface area contributed by atoms with Gasteiger partial charge < -0.3 is 5.32 Å². The lowest BCUT2D eigenvalue weighted by molar-refractivity contribution is 0.416. The summed E-state index contributed by atoms with van der Waals surface area (Å²) in [6, 6.07) is -0.120. The van der Waals surface area contributed by atoms with Crippen LogP contribution in [0.3, 0.4) is 0 Å². The molecule has 12 heavy (non-hydrogen) atoms. The summed E-state index contributed by atoms with van der Waals surface area (Å²) < 4.78 is 22.3. The Bertz CT molecular complexity index is 313. The van der Waals surface area contributed by atoms with Crippen LogP contribution in [0.2, 0.25) is 0 Å². The van der Waals surface area contributed by atoms with Gasteiger partial charge in [-0.1, -0.05) is 0 Å². The largest absolute Gasteiger partial charge is 0.356 e. The molecule has 2 heterocycles. The molecule has 7 heteroatoms. The second-order valence-electron chi connectivity index (χ2n) is 3.03. The molecule has 5 nitrogen and oxygen atoms in total. The zero-order valence-corrected chi connectivity index (χ0v) is 7.83. The molecule has 2 aliphatic rings. The van der Waals surface area contributed by atoms with E-state index in [4.69, 9.17) is 12.2 Å². The van der Waals surface area contributed by atoms with Crippen LogP contribution in [0.5, 0.6) is 0 Å². The van der Waals surface area contributed by atoms with Crippen molar-refractivity contribution in [1.29, 1.82) is 0 Å². The number of hydrazine groups is 1. The van der Waals surface area contributed by atoms with E-state index in [-0.39, 0.29) is 23.6 Å². The average Bonchev–Trinajstić information content (AvgIpc) is 2.21. The van der Waals surface area contributed by atoms with Gasteiger partial charge in [0, 0.05) is 0 Å². The summed E-state index contributed by atoms with van der Waals surface area (Å²) in [6.07, 6.45) is 0. The fourth-order valence-electron chi connectivity index (χ4n) is 1.49. The van der Waals surface area contributed by atoms with Crippen LogP contribution in [0, 0.1) is 0 Å². The summed E-state index contributed by atoms with van der Waals surface area (Å²) in [5.74, 6) is 0.354. The third-order valence-corrected chi connectivity index (χ3v) is 3.99. The smallest absolute Gasteiger partial charge is 0.181 e. The number of hydrogen-bond donors (Lipinski definition) is 3. The van der Waals surface area contributed by atoms with Gasteiger partial charge >= 0.3 is 0 Å². The lowest BCUT2D eigenvalue weighted by atomic mass is 10.2. The predicted octanol–water partition coefficient (Wildman–Crippen LogP) is -1.87. The minimum atomic E-state index is -2.88. The maximum absolute atomic E-state index is 11.2. The van der Waals surface area contributed by atoms with E-state index in [1.807, 2.05) is 0 Å². The number of hydrogen-bond acceptors (Lipinski definition) is 4. The van der Waals surface area contributed by atoms with Crippen molar-refractivity contribution in [2.45, 2.75) is 12.1 Å². The number of nitrogens with one attached hydrogen (secondary N) is 3. The molecule has 0 aromatic carbocycles. The molecule has 2 atom stereocenters. The maximum Gasteiger partial charge on any atom is 0.181 e. The molecule has 2 fully saturated rings. The van der Waals surface area contributed by atoms with Gasteiger partial charge in [0.1, 0.15) is 0 Å². The van der Waals surface area contributed by atoms with E-state index in [1.165, 1.54) is 0 Å². The molecule has 0 bridgehead atoms. The van der Waals surface area contributed by atoms with Crippen molar-refractivity contribution in [2.24, 2.45) is 0 Å². The monoisotopic (exact) mass is 207 g/mol. The van der Waals surface area contributed by atoms with Crippen molar-refractivity contribution >= 4 is 27.2 Å². The predicted molar refractivity (Wildman–Crippen MR) is 48.2 cm³/mol. The Labute approximate surface area is 75.8 Å². The minimum absolute atomic E-state index is 0.0540. The number of thiocarbonyl (C=S) groups is 1. The van der Waals surface area contributed by atoms with E-state index in [0.29, 0.717) is 5.11 Å². The zero-order chi connectivity index (χ0) is 8.77. The molecule has 2 rings (SSSR count). The quantitative estimate of drug-likeness (QED) is 0.405. The van der Waals surface area contributed by atoms with E-state index in [0.717, 1.165) is 0 Å². The van der Waals surface area contributed by atoms with Gasteiger partial charge in [-0.15, -0.1) is 0 Å². The fourth-order valence-corrected chi connectivity index (χ4v) is 3.57. The molecule has 0 aromatic heterocycles. The fraction of sp³-hybridized carbons (Fsp3) is 0.800. The Morgan fingerprint density at radius 1 is 1.33 bits per heavy atom. The van der Waals surface area contributed by atoms with E-state index in [9.17, 15) is 8.42 Å². The summed E-state index contributed by atoms with van der Waals surface area (Å²) in [5, 5.41) is 3.38. The topological polar surface area (TPSA) is 70.2 Å². The average molecular weight is 207 g/mol. The van der Waals surface area contributed by atoms with Crippen molar-refractivity contribution in [1.82, 2.24) is 16.2 Å². The van der Waals surface area contributed by atoms with E-state index >= 15 is 0 Å². The summed E-state index contributed by atoms with van der Waals surface area (Å²) in [6.45, 7) is 0. The van der Waals surface area contributed by atoms with Crippen LogP contribution in [0.1, 0.15) is 0 Å². The lowest BCUT2D eigenvalue weighted by Crippen LogP contribution is -2.63. The molecule has 3 N–H and O–H groups in total. The molecule has 2 saturated heterocycles. The van der Waals surface area contributed by atoms with Gasteiger partial charge in [-0.05, 0) is 12.2 Å². The highest BCUT2D eigenvalue weighted by Gasteiger charge is 2.40. The van der Waals surface area contributed by atoms with E-state index < -0.39 is 9.84 Å². The van der Waals surface area contributed by atoms with Crippen LogP contribution in [-0.4, -0.2) is 37.1 Å². The van der Waals surface area contributed by atoms with Gasteiger partial charge in [0.2, 0.25) is 0 Å². The molecule has 0 amide bonds. The van der Waals surface area contributed by atoms with Crippen molar-refractivity contribution in [3.8, 4) is 0 Å². The van der Waals surface area contributed by atoms with Crippen LogP contribution < -0.4 is 16.2 Å². The first-order valence-corrected chi connectivity index (χ1v) is 5.82. The Morgan fingerprint density at radius 2 is 2.00 bits per heavy atom. The van der Waals surface area contributed by atoms with Gasteiger partial charge in [-0.2, -0.15) is 0 Å². The Kier molecular flexibility index (Phi) is 1.74. The van der Waals surface area contributed by atoms with Crippen molar-refractivity contribution < 1.29 is 8.42 Å². The number of sulfone groups is 1. The summed E-state index contributed by atoms with van der Waals surface area (Å²) >= 11 is 4.83. The molecule has 0 unspecified atom stereocenters. The van der Waals surface area contributed by atoms with Crippen molar-refractivity contribution in [2.75, 3.05) is 11.5 Å². The summed E-state index contributed by atoms with van der Waals surface area (Å²) in [7, 11) is -2.88. The molecule has 68 valence electrons. The minimum Gasteiger partial charge on any atom is -0.356 e. The van der Waals surface area contributed by atoms with Gasteiger partial charge in [0.15, 0.2) is 14.9 Å². The van der Waals surface area contributed by atoms with Gasteiger partial charge in [-0.3, -0.25) is 5.43 Å². The van der Waals surface area contributed by atoms with E-state index in [2.05, 4.69) is 16.2 Å². The molecule has 0 spiro atoms. The Morgan fingerprint density at radius 3 is 2.75 bits per heavy atom. The molecule has 0 aromatic rings. The second kappa shape index (κ2) is 2.54.